The molecule has 1 fully saturated rings. The van der Waals surface area contributed by atoms with Crippen LogP contribution in [0.1, 0.15) is 31.5 Å². The molecule has 0 radical (unpaired) electrons. The first kappa shape index (κ1) is 19.5. The Bertz CT molecular complexity index is 669. The lowest BCUT2D eigenvalue weighted by molar-refractivity contribution is -0.145. The molecule has 1 aromatic rings. The zero-order chi connectivity index (χ0) is 18.6. The van der Waals surface area contributed by atoms with Crippen LogP contribution >= 0.6 is 11.6 Å². The second-order valence-electron chi connectivity index (χ2n) is 6.57. The summed E-state index contributed by atoms with van der Waals surface area (Å²) in [5.41, 5.74) is 1.49. The van der Waals surface area contributed by atoms with Crippen molar-refractivity contribution in [1.29, 1.82) is 0 Å². The SMILES string of the molecule is Cc1nn(CC(C)C)c(Cl)c1C=CC(=O)N1CCOC(CC(=O)O)C1. The van der Waals surface area contributed by atoms with Gasteiger partial charge in [-0.15, -0.1) is 0 Å². The Morgan fingerprint density at radius 2 is 2.20 bits per heavy atom. The van der Waals surface area contributed by atoms with E-state index in [-0.39, 0.29) is 18.9 Å². The van der Waals surface area contributed by atoms with Crippen LogP contribution in [0.25, 0.3) is 6.08 Å². The van der Waals surface area contributed by atoms with Gasteiger partial charge in [0.05, 0.1) is 24.8 Å². The number of morpholine rings is 1. The lowest BCUT2D eigenvalue weighted by atomic mass is 10.2. The number of halogens is 1. The van der Waals surface area contributed by atoms with Crippen molar-refractivity contribution in [3.63, 3.8) is 0 Å². The zero-order valence-corrected chi connectivity index (χ0v) is 15.5. The second-order valence-corrected chi connectivity index (χ2v) is 6.93. The number of amides is 1. The number of aliphatic carboxylic acids is 1. The summed E-state index contributed by atoms with van der Waals surface area (Å²) in [6, 6.07) is 0. The second kappa shape index (κ2) is 8.49. The van der Waals surface area contributed by atoms with Crippen molar-refractivity contribution in [2.75, 3.05) is 19.7 Å². The molecule has 1 unspecified atom stereocenters. The molecule has 7 nitrogen and oxygen atoms in total. The average Bonchev–Trinajstić information content (AvgIpc) is 2.78. The number of carbonyl (C=O) groups is 2. The molecule has 0 aliphatic carbocycles. The molecule has 0 bridgehead atoms. The van der Waals surface area contributed by atoms with Crippen LogP contribution in [-0.4, -0.2) is 57.5 Å². The Morgan fingerprint density at radius 3 is 2.84 bits per heavy atom. The van der Waals surface area contributed by atoms with Gasteiger partial charge in [-0.2, -0.15) is 5.10 Å². The fraction of sp³-hybridized carbons (Fsp3) is 0.588. The highest BCUT2D eigenvalue weighted by Gasteiger charge is 2.25. The third-order valence-corrected chi connectivity index (χ3v) is 4.29. The molecule has 0 spiro atoms. The van der Waals surface area contributed by atoms with Crippen molar-refractivity contribution >= 4 is 29.6 Å². The minimum absolute atomic E-state index is 0.111. The highest BCUT2D eigenvalue weighted by molar-refractivity contribution is 6.31. The van der Waals surface area contributed by atoms with Crippen LogP contribution in [0.4, 0.5) is 0 Å². The number of carbonyl (C=O) groups excluding carboxylic acids is 1. The summed E-state index contributed by atoms with van der Waals surface area (Å²) >= 11 is 6.36. The largest absolute Gasteiger partial charge is 0.481 e. The number of nitrogens with zero attached hydrogens (tertiary/aromatic N) is 3. The summed E-state index contributed by atoms with van der Waals surface area (Å²) in [7, 11) is 0. The Labute approximate surface area is 152 Å². The summed E-state index contributed by atoms with van der Waals surface area (Å²) in [5.74, 6) is -0.713. The molecule has 1 aromatic heterocycles. The summed E-state index contributed by atoms with van der Waals surface area (Å²) in [6.45, 7) is 7.78. The van der Waals surface area contributed by atoms with Crippen molar-refractivity contribution in [3.05, 3.63) is 22.5 Å². The van der Waals surface area contributed by atoms with E-state index in [1.807, 2.05) is 6.92 Å². The normalized spacial score (nSPS) is 18.3. The summed E-state index contributed by atoms with van der Waals surface area (Å²) in [6.07, 6.45) is 2.55. The number of carboxylic acid groups (broad SMARTS) is 1. The van der Waals surface area contributed by atoms with Gasteiger partial charge in [0.15, 0.2) is 0 Å². The molecule has 1 atom stereocenters. The minimum atomic E-state index is -0.935. The molecular weight excluding hydrogens is 346 g/mol. The quantitative estimate of drug-likeness (QED) is 0.777. The molecule has 138 valence electrons. The first-order chi connectivity index (χ1) is 11.8. The van der Waals surface area contributed by atoms with Gasteiger partial charge in [-0.25, -0.2) is 0 Å². The van der Waals surface area contributed by atoms with Gasteiger partial charge >= 0.3 is 5.97 Å². The lowest BCUT2D eigenvalue weighted by Crippen LogP contribution is -2.45. The Balaban J connectivity index is 2.05. The highest BCUT2D eigenvalue weighted by atomic mass is 35.5. The molecule has 1 aliphatic heterocycles. The van der Waals surface area contributed by atoms with E-state index in [9.17, 15) is 9.59 Å². The average molecular weight is 370 g/mol. The Kier molecular flexibility index (Phi) is 6.61. The maximum absolute atomic E-state index is 12.4. The van der Waals surface area contributed by atoms with E-state index in [4.69, 9.17) is 21.4 Å². The summed E-state index contributed by atoms with van der Waals surface area (Å²) < 4.78 is 7.12. The predicted molar refractivity (Wildman–Crippen MR) is 94.4 cm³/mol. The molecular formula is C17H24ClN3O4. The topological polar surface area (TPSA) is 84.7 Å². The fourth-order valence-electron chi connectivity index (χ4n) is 2.72. The number of aryl methyl sites for hydroxylation is 1. The van der Waals surface area contributed by atoms with E-state index in [1.54, 1.807) is 15.7 Å². The first-order valence-corrected chi connectivity index (χ1v) is 8.69. The lowest BCUT2D eigenvalue weighted by Gasteiger charge is -2.31. The highest BCUT2D eigenvalue weighted by Crippen LogP contribution is 2.22. The third-order valence-electron chi connectivity index (χ3n) is 3.89. The number of rotatable bonds is 6. The standard InChI is InChI=1S/C17H24ClN3O4/c1-11(2)9-21-17(18)14(12(3)19-21)4-5-15(22)20-6-7-25-13(10-20)8-16(23)24/h4-5,11,13H,6-10H2,1-3H3,(H,23,24). The van der Waals surface area contributed by atoms with Crippen LogP contribution in [0.3, 0.4) is 0 Å². The van der Waals surface area contributed by atoms with Crippen LogP contribution in [0.5, 0.6) is 0 Å². The van der Waals surface area contributed by atoms with Gasteiger partial charge in [0.2, 0.25) is 5.91 Å². The van der Waals surface area contributed by atoms with Crippen molar-refractivity contribution in [3.8, 4) is 0 Å². The molecule has 1 saturated heterocycles. The molecule has 2 heterocycles. The smallest absolute Gasteiger partial charge is 0.306 e. The number of carboxylic acids is 1. The van der Waals surface area contributed by atoms with E-state index in [2.05, 4.69) is 18.9 Å². The molecule has 1 amide bonds. The number of ether oxygens (including phenoxy) is 1. The van der Waals surface area contributed by atoms with Gasteiger partial charge in [-0.05, 0) is 18.9 Å². The summed E-state index contributed by atoms with van der Waals surface area (Å²) in [5, 5.41) is 13.8. The zero-order valence-electron chi connectivity index (χ0n) is 14.7. The van der Waals surface area contributed by atoms with E-state index < -0.39 is 12.1 Å². The minimum Gasteiger partial charge on any atom is -0.481 e. The molecule has 0 aromatic carbocycles. The van der Waals surface area contributed by atoms with Crippen molar-refractivity contribution in [2.24, 2.45) is 5.92 Å². The van der Waals surface area contributed by atoms with Crippen molar-refractivity contribution in [1.82, 2.24) is 14.7 Å². The van der Waals surface area contributed by atoms with E-state index in [0.29, 0.717) is 30.8 Å². The maximum atomic E-state index is 12.4. The molecule has 0 saturated carbocycles. The number of hydrogen-bond acceptors (Lipinski definition) is 4. The van der Waals surface area contributed by atoms with Crippen LogP contribution in [0.2, 0.25) is 5.15 Å². The number of aromatic nitrogens is 2. The van der Waals surface area contributed by atoms with Crippen LogP contribution < -0.4 is 0 Å². The molecule has 1 N–H and O–H groups in total. The first-order valence-electron chi connectivity index (χ1n) is 8.31. The van der Waals surface area contributed by atoms with Gasteiger partial charge in [0, 0.05) is 31.3 Å². The van der Waals surface area contributed by atoms with Gasteiger partial charge in [0.1, 0.15) is 5.15 Å². The van der Waals surface area contributed by atoms with Gasteiger partial charge in [-0.1, -0.05) is 25.4 Å². The predicted octanol–water partition coefficient (Wildman–Crippen LogP) is 2.22. The van der Waals surface area contributed by atoms with Gasteiger partial charge in [-0.3, -0.25) is 14.3 Å². The van der Waals surface area contributed by atoms with Gasteiger partial charge < -0.3 is 14.7 Å². The third kappa shape index (κ3) is 5.31. The van der Waals surface area contributed by atoms with E-state index in [0.717, 1.165) is 11.3 Å². The monoisotopic (exact) mass is 369 g/mol. The van der Waals surface area contributed by atoms with Crippen LogP contribution in [-0.2, 0) is 20.9 Å². The Morgan fingerprint density at radius 1 is 1.48 bits per heavy atom. The summed E-state index contributed by atoms with van der Waals surface area (Å²) in [4.78, 5) is 24.8. The van der Waals surface area contributed by atoms with Gasteiger partial charge in [0.25, 0.3) is 0 Å². The molecule has 2 rings (SSSR count). The van der Waals surface area contributed by atoms with Crippen LogP contribution in [0.15, 0.2) is 6.08 Å². The number of hydrogen-bond donors (Lipinski definition) is 1. The van der Waals surface area contributed by atoms with Crippen molar-refractivity contribution in [2.45, 2.75) is 39.8 Å². The molecule has 1 aliphatic rings. The maximum Gasteiger partial charge on any atom is 0.306 e. The Hall–Kier alpha value is -1.86. The van der Waals surface area contributed by atoms with E-state index >= 15 is 0 Å². The molecule has 25 heavy (non-hydrogen) atoms. The van der Waals surface area contributed by atoms with Crippen molar-refractivity contribution < 1.29 is 19.4 Å². The molecule has 8 heteroatoms. The van der Waals surface area contributed by atoms with E-state index in [1.165, 1.54) is 6.08 Å². The fourth-order valence-corrected chi connectivity index (χ4v) is 3.03. The van der Waals surface area contributed by atoms with Crippen LogP contribution in [0, 0.1) is 12.8 Å².